The van der Waals surface area contributed by atoms with Crippen molar-refractivity contribution < 1.29 is 27.3 Å². The van der Waals surface area contributed by atoms with E-state index in [4.69, 9.17) is 22.7 Å². The number of piperidine rings is 1. The summed E-state index contributed by atoms with van der Waals surface area (Å²) in [5.41, 5.74) is 3.22. The third-order valence-corrected chi connectivity index (χ3v) is 17.3. The average molecular weight is 692 g/mol. The number of rotatable bonds is 13. The lowest BCUT2D eigenvalue weighted by molar-refractivity contribution is -0.141. The first-order chi connectivity index (χ1) is 22.9. The molecule has 0 aromatic heterocycles. The first-order valence-corrected chi connectivity index (χ1v) is 22.0. The van der Waals surface area contributed by atoms with Crippen LogP contribution in [0.15, 0.2) is 84.9 Å². The maximum Gasteiger partial charge on any atom is 0.475 e. The molecule has 2 heterocycles. The first-order valence-electron chi connectivity index (χ1n) is 17.6. The quantitative estimate of drug-likeness (QED) is 0.131. The van der Waals surface area contributed by atoms with Crippen LogP contribution in [0.4, 0.5) is 0 Å². The summed E-state index contributed by atoms with van der Waals surface area (Å²) >= 11 is 0. The van der Waals surface area contributed by atoms with Crippen LogP contribution in [0.25, 0.3) is 0 Å². The van der Waals surface area contributed by atoms with Crippen molar-refractivity contribution in [2.24, 2.45) is 5.92 Å². The minimum atomic E-state index is -3.97. The van der Waals surface area contributed by atoms with Crippen LogP contribution in [0.1, 0.15) is 69.6 Å². The van der Waals surface area contributed by atoms with Crippen LogP contribution < -0.4 is 4.74 Å². The Labute approximate surface area is 289 Å². The van der Waals surface area contributed by atoms with Crippen molar-refractivity contribution >= 4 is 16.1 Å². The number of hydrogen-bond acceptors (Lipinski definition) is 7. The highest BCUT2D eigenvalue weighted by atomic mass is 31.2. The molecular weight excluding hydrogens is 637 g/mol. The van der Waals surface area contributed by atoms with Gasteiger partial charge in [0, 0.05) is 17.5 Å². The lowest BCUT2D eigenvalue weighted by atomic mass is 9.65. The Morgan fingerprint density at radius 1 is 0.854 bits per heavy atom. The van der Waals surface area contributed by atoms with Crippen LogP contribution in [0.2, 0.25) is 18.1 Å². The molecule has 5 atom stereocenters. The van der Waals surface area contributed by atoms with Crippen LogP contribution in [-0.4, -0.2) is 50.7 Å². The van der Waals surface area contributed by atoms with Crippen LogP contribution in [-0.2, 0) is 42.2 Å². The summed E-state index contributed by atoms with van der Waals surface area (Å²) in [6.45, 7) is 13.0. The van der Waals surface area contributed by atoms with Gasteiger partial charge < -0.3 is 9.16 Å². The Kier molecular flexibility index (Phi) is 10.7. The molecule has 0 amide bonds. The minimum absolute atomic E-state index is 0.0368. The van der Waals surface area contributed by atoms with Crippen LogP contribution in [0.3, 0.4) is 0 Å². The van der Waals surface area contributed by atoms with E-state index in [1.165, 1.54) is 18.4 Å². The summed E-state index contributed by atoms with van der Waals surface area (Å²) < 4.78 is 46.7. The van der Waals surface area contributed by atoms with Crippen molar-refractivity contribution in [1.29, 1.82) is 0 Å². The molecule has 0 N–H and O–H groups in total. The van der Waals surface area contributed by atoms with Gasteiger partial charge in [0.2, 0.25) is 0 Å². The second-order valence-electron chi connectivity index (χ2n) is 15.5. The maximum absolute atomic E-state index is 14.7. The summed E-state index contributed by atoms with van der Waals surface area (Å²) in [6, 6.07) is 28.3. The molecule has 7 nitrogen and oxygen atoms in total. The molecule has 3 aromatic rings. The number of phosphoric ester groups is 1. The van der Waals surface area contributed by atoms with Gasteiger partial charge in [0.15, 0.2) is 8.32 Å². The van der Waals surface area contributed by atoms with Crippen molar-refractivity contribution in [3.8, 4) is 5.75 Å². The van der Waals surface area contributed by atoms with Gasteiger partial charge in [-0.3, -0.25) is 18.5 Å². The van der Waals surface area contributed by atoms with Gasteiger partial charge in [-0.1, -0.05) is 93.6 Å². The van der Waals surface area contributed by atoms with Crippen molar-refractivity contribution in [1.82, 2.24) is 4.90 Å². The molecule has 6 rings (SSSR count). The molecule has 2 aliphatic heterocycles. The van der Waals surface area contributed by atoms with Gasteiger partial charge >= 0.3 is 7.82 Å². The SMILES string of the molecule is COc1ccc(C[C@H]2[C@@H](O[Si](C)(C)C(C)(C)C)[C@H]3C[C@]4(CCCN24)CC[C@@H]3OP(=O)(OCc2ccccc2)OCc2ccccc2)cc1. The largest absolute Gasteiger partial charge is 0.497 e. The highest BCUT2D eigenvalue weighted by Gasteiger charge is 2.60. The number of nitrogens with zero attached hydrogens (tertiary/aromatic N) is 1. The lowest BCUT2D eigenvalue weighted by Crippen LogP contribution is -2.68. The van der Waals surface area contributed by atoms with E-state index in [2.05, 4.69) is 63.0 Å². The summed E-state index contributed by atoms with van der Waals surface area (Å²) in [6.07, 6.45) is 5.59. The number of phosphoric acid groups is 1. The van der Waals surface area contributed by atoms with E-state index in [0.29, 0.717) is 0 Å². The van der Waals surface area contributed by atoms with Gasteiger partial charge in [0.1, 0.15) is 5.75 Å². The molecule has 3 fully saturated rings. The molecule has 2 saturated heterocycles. The third-order valence-electron chi connectivity index (χ3n) is 11.4. The molecule has 0 unspecified atom stereocenters. The predicted octanol–water partition coefficient (Wildman–Crippen LogP) is 9.57. The highest BCUT2D eigenvalue weighted by Crippen LogP contribution is 2.59. The van der Waals surface area contributed by atoms with E-state index in [-0.39, 0.29) is 48.0 Å². The van der Waals surface area contributed by atoms with Crippen LogP contribution in [0.5, 0.6) is 5.75 Å². The third kappa shape index (κ3) is 7.86. The average Bonchev–Trinajstić information content (AvgIpc) is 3.49. The number of hydrogen-bond donors (Lipinski definition) is 0. The van der Waals surface area contributed by atoms with Gasteiger partial charge in [-0.2, -0.15) is 0 Å². The van der Waals surface area contributed by atoms with E-state index < -0.39 is 16.1 Å². The Morgan fingerprint density at radius 2 is 1.46 bits per heavy atom. The fourth-order valence-corrected chi connectivity index (χ4v) is 10.6. The molecule has 9 heteroatoms. The molecule has 1 saturated carbocycles. The van der Waals surface area contributed by atoms with Gasteiger partial charge in [0.25, 0.3) is 0 Å². The van der Waals surface area contributed by atoms with E-state index in [1.54, 1.807) is 7.11 Å². The second-order valence-corrected chi connectivity index (χ2v) is 21.9. The Balaban J connectivity index is 1.33. The van der Waals surface area contributed by atoms with Gasteiger partial charge in [-0.25, -0.2) is 4.57 Å². The molecule has 3 aromatic carbocycles. The zero-order valence-corrected chi connectivity index (χ0v) is 31.5. The number of methoxy groups -OCH3 is 1. The van der Waals surface area contributed by atoms with Gasteiger partial charge in [-0.05, 0) is 92.0 Å². The van der Waals surface area contributed by atoms with Gasteiger partial charge in [-0.15, -0.1) is 0 Å². The monoisotopic (exact) mass is 691 g/mol. The zero-order chi connectivity index (χ0) is 34.0. The Hall–Kier alpha value is -2.29. The predicted molar refractivity (Wildman–Crippen MR) is 194 cm³/mol. The minimum Gasteiger partial charge on any atom is -0.497 e. The fourth-order valence-electron chi connectivity index (χ4n) is 7.82. The van der Waals surface area contributed by atoms with Crippen molar-refractivity contribution in [3.63, 3.8) is 0 Å². The number of benzene rings is 3. The maximum atomic E-state index is 14.7. The molecular formula is C39H54NO6PSi. The molecule has 2 bridgehead atoms. The molecule has 1 spiro atoms. The summed E-state index contributed by atoms with van der Waals surface area (Å²) in [5, 5.41) is 0.0368. The number of fused-ring (bicyclic) bond motifs is 1. The van der Waals surface area contributed by atoms with E-state index in [9.17, 15) is 4.57 Å². The molecule has 260 valence electrons. The lowest BCUT2D eigenvalue weighted by Gasteiger charge is -2.60. The Bertz CT molecular complexity index is 1480. The topological polar surface area (TPSA) is 66.5 Å². The summed E-state index contributed by atoms with van der Waals surface area (Å²) in [5.74, 6) is 0.917. The van der Waals surface area contributed by atoms with Crippen LogP contribution in [0, 0.1) is 5.92 Å². The highest BCUT2D eigenvalue weighted by molar-refractivity contribution is 7.48. The van der Waals surface area contributed by atoms with E-state index in [1.807, 2.05) is 60.7 Å². The normalized spacial score (nSPS) is 26.3. The van der Waals surface area contributed by atoms with Crippen molar-refractivity contribution in [2.75, 3.05) is 13.7 Å². The molecule has 48 heavy (non-hydrogen) atoms. The summed E-state index contributed by atoms with van der Waals surface area (Å²) in [4.78, 5) is 2.79. The Morgan fingerprint density at radius 3 is 2.02 bits per heavy atom. The van der Waals surface area contributed by atoms with Crippen LogP contribution >= 0.6 is 7.82 Å². The van der Waals surface area contributed by atoms with Crippen molar-refractivity contribution in [3.05, 3.63) is 102 Å². The smallest absolute Gasteiger partial charge is 0.475 e. The zero-order valence-electron chi connectivity index (χ0n) is 29.6. The first kappa shape index (κ1) is 35.5. The number of ether oxygens (including phenoxy) is 1. The standard InChI is InChI=1S/C39H54NO6PSi/c1-38(2,3)48(5,6)46-37-34-27-39(23-13-25-40(39)35(37)26-30-18-20-33(42-4)21-19-30)24-22-36(34)45-47(41,43-28-31-14-9-7-10-15-31)44-29-32-16-11-8-12-17-32/h7-12,14-21,34-37H,13,22-29H2,1-6H3/t34-,35-,36-,37-,39-/m0/s1. The molecule has 0 radical (unpaired) electrons. The van der Waals surface area contributed by atoms with E-state index in [0.717, 1.165) is 49.1 Å². The van der Waals surface area contributed by atoms with Gasteiger partial charge in [0.05, 0.1) is 32.5 Å². The van der Waals surface area contributed by atoms with E-state index >= 15 is 0 Å². The molecule has 3 aliphatic rings. The second kappa shape index (κ2) is 14.5. The summed E-state index contributed by atoms with van der Waals surface area (Å²) in [7, 11) is -4.47. The molecule has 1 aliphatic carbocycles. The van der Waals surface area contributed by atoms with Crippen molar-refractivity contribution in [2.45, 2.75) is 114 Å². The fraction of sp³-hybridized carbons (Fsp3) is 0.538.